The maximum Gasteiger partial charge on any atom is 0.322 e. The smallest absolute Gasteiger partial charge is 0.322 e. The Labute approximate surface area is 186 Å². The molecule has 2 atom stereocenters. The molecule has 0 aliphatic carbocycles. The summed E-state index contributed by atoms with van der Waals surface area (Å²) in [6, 6.07) is 0.876. The van der Waals surface area contributed by atoms with Crippen molar-refractivity contribution in [2.75, 3.05) is 18.0 Å². The number of nitro groups is 2. The summed E-state index contributed by atoms with van der Waals surface area (Å²) in [6.45, 7) is -0.458. The van der Waals surface area contributed by atoms with E-state index in [1.165, 1.54) is 11.0 Å². The van der Waals surface area contributed by atoms with Crippen molar-refractivity contribution >= 4 is 40.8 Å². The Morgan fingerprint density at radius 3 is 2.48 bits per heavy atom. The highest BCUT2D eigenvalue weighted by atomic mass is 16.6. The highest BCUT2D eigenvalue weighted by Crippen LogP contribution is 2.36. The highest BCUT2D eigenvalue weighted by Gasteiger charge is 2.36. The van der Waals surface area contributed by atoms with E-state index in [1.54, 1.807) is 0 Å². The molecular weight excluding hydrogens is 444 g/mol. The predicted octanol–water partition coefficient (Wildman–Crippen LogP) is -0.577. The molecule has 5 N–H and O–H groups in total. The number of hydrogen-bond acceptors (Lipinski definition) is 9. The van der Waals surface area contributed by atoms with E-state index < -0.39 is 63.5 Å². The van der Waals surface area contributed by atoms with E-state index in [0.29, 0.717) is 6.42 Å². The molecule has 1 aromatic carbocycles. The quantitative estimate of drug-likeness (QED) is 0.239. The Balaban J connectivity index is 2.25. The van der Waals surface area contributed by atoms with Gasteiger partial charge in [0.25, 0.3) is 11.4 Å². The van der Waals surface area contributed by atoms with Gasteiger partial charge in [0, 0.05) is 19.0 Å². The fourth-order valence-corrected chi connectivity index (χ4v) is 3.45. The lowest BCUT2D eigenvalue weighted by Gasteiger charge is -2.27. The lowest BCUT2D eigenvalue weighted by Crippen LogP contribution is -2.53. The van der Waals surface area contributed by atoms with E-state index in [1.807, 2.05) is 0 Å². The number of primary amides is 1. The van der Waals surface area contributed by atoms with Crippen LogP contribution in [0.2, 0.25) is 0 Å². The number of carbonyl (C=O) groups excluding carboxylic acids is 3. The van der Waals surface area contributed by atoms with Gasteiger partial charge in [-0.2, -0.15) is 0 Å². The van der Waals surface area contributed by atoms with Crippen LogP contribution in [-0.4, -0.2) is 63.8 Å². The molecule has 178 valence electrons. The number of nitrogens with two attached hydrogens (primary N) is 1. The Morgan fingerprint density at radius 1 is 1.21 bits per heavy atom. The van der Waals surface area contributed by atoms with E-state index >= 15 is 0 Å². The molecule has 33 heavy (non-hydrogen) atoms. The number of carboxylic acid groups (broad SMARTS) is 1. The zero-order valence-electron chi connectivity index (χ0n) is 17.3. The summed E-state index contributed by atoms with van der Waals surface area (Å²) in [7, 11) is 0. The summed E-state index contributed by atoms with van der Waals surface area (Å²) in [5.41, 5.74) is 4.07. The van der Waals surface area contributed by atoms with Crippen molar-refractivity contribution < 1.29 is 34.1 Å². The zero-order chi connectivity index (χ0) is 24.7. The van der Waals surface area contributed by atoms with Crippen molar-refractivity contribution in [3.05, 3.63) is 38.4 Å². The molecule has 1 heterocycles. The van der Waals surface area contributed by atoms with Gasteiger partial charge in [0.05, 0.1) is 15.9 Å². The zero-order valence-corrected chi connectivity index (χ0v) is 17.3. The standard InChI is InChI=1S/C18H22N6O9/c19-15(25)6-4-11(17(28)20-9-16(26)27)21-18(29)13-2-1-7-22(13)12-5-3-10(23(30)31)8-14(12)24(32)33/h3,5,8,11,13H,1-2,4,6-7,9H2,(H2,19,25)(H,20,28)(H,21,29)(H,26,27). The second-order valence-corrected chi connectivity index (χ2v) is 7.22. The molecule has 15 nitrogen and oxygen atoms in total. The third-order valence-electron chi connectivity index (χ3n) is 4.96. The van der Waals surface area contributed by atoms with Crippen LogP contribution in [-0.2, 0) is 19.2 Å². The fourth-order valence-electron chi connectivity index (χ4n) is 3.45. The molecule has 2 unspecified atom stereocenters. The molecule has 0 radical (unpaired) electrons. The van der Waals surface area contributed by atoms with E-state index in [2.05, 4.69) is 10.6 Å². The molecule has 1 saturated heterocycles. The molecule has 3 amide bonds. The number of anilines is 1. The van der Waals surface area contributed by atoms with Crippen molar-refractivity contribution in [2.24, 2.45) is 5.73 Å². The van der Waals surface area contributed by atoms with Crippen molar-refractivity contribution in [3.63, 3.8) is 0 Å². The number of nitrogens with one attached hydrogen (secondary N) is 2. The van der Waals surface area contributed by atoms with Gasteiger partial charge in [-0.05, 0) is 25.3 Å². The molecule has 1 aromatic rings. The van der Waals surface area contributed by atoms with Gasteiger partial charge in [-0.15, -0.1) is 0 Å². The van der Waals surface area contributed by atoms with E-state index in [9.17, 15) is 39.4 Å². The number of benzene rings is 1. The monoisotopic (exact) mass is 466 g/mol. The van der Waals surface area contributed by atoms with Crippen LogP contribution in [0.4, 0.5) is 17.1 Å². The summed E-state index contributed by atoms with van der Waals surface area (Å²) in [5.74, 6) is -3.56. The lowest BCUT2D eigenvalue weighted by molar-refractivity contribution is -0.393. The second-order valence-electron chi connectivity index (χ2n) is 7.22. The van der Waals surface area contributed by atoms with Gasteiger partial charge in [0.1, 0.15) is 24.3 Å². The van der Waals surface area contributed by atoms with Crippen LogP contribution >= 0.6 is 0 Å². The number of nitrogens with zero attached hydrogens (tertiary/aromatic N) is 3. The van der Waals surface area contributed by atoms with Gasteiger partial charge in [0.2, 0.25) is 17.7 Å². The summed E-state index contributed by atoms with van der Waals surface area (Å²) in [5, 5.41) is 35.7. The number of carbonyl (C=O) groups is 4. The van der Waals surface area contributed by atoms with Gasteiger partial charge in [-0.1, -0.05) is 0 Å². The minimum atomic E-state index is -1.31. The molecule has 0 spiro atoms. The SMILES string of the molecule is NC(=O)CCC(NC(=O)C1CCCN1c1ccc([N+](=O)[O-])cc1[N+](=O)[O-])C(=O)NCC(=O)O. The van der Waals surface area contributed by atoms with Crippen LogP contribution < -0.4 is 21.3 Å². The molecule has 2 rings (SSSR count). The first-order valence-electron chi connectivity index (χ1n) is 9.79. The fraction of sp³-hybridized carbons (Fsp3) is 0.444. The number of non-ortho nitro benzene ring substituents is 1. The van der Waals surface area contributed by atoms with E-state index in [4.69, 9.17) is 10.8 Å². The molecule has 1 fully saturated rings. The lowest BCUT2D eigenvalue weighted by atomic mass is 10.1. The average Bonchev–Trinajstić information content (AvgIpc) is 3.23. The molecule has 1 aliphatic heterocycles. The first-order valence-corrected chi connectivity index (χ1v) is 9.79. The highest BCUT2D eigenvalue weighted by molar-refractivity contribution is 5.93. The normalized spacial score (nSPS) is 16.0. The van der Waals surface area contributed by atoms with Gasteiger partial charge < -0.3 is 26.4 Å². The number of carboxylic acids is 1. The molecule has 1 aliphatic rings. The number of rotatable bonds is 11. The van der Waals surface area contributed by atoms with Crippen molar-refractivity contribution in [1.82, 2.24) is 10.6 Å². The molecule has 15 heteroatoms. The van der Waals surface area contributed by atoms with Crippen molar-refractivity contribution in [1.29, 1.82) is 0 Å². The summed E-state index contributed by atoms with van der Waals surface area (Å²) in [4.78, 5) is 69.4. The summed E-state index contributed by atoms with van der Waals surface area (Å²) in [6.07, 6.45) is 0.313. The minimum absolute atomic E-state index is 0.00673. The van der Waals surface area contributed by atoms with Crippen LogP contribution in [0.1, 0.15) is 25.7 Å². The van der Waals surface area contributed by atoms with Crippen LogP contribution in [0.3, 0.4) is 0 Å². The Kier molecular flexibility index (Phi) is 8.19. The minimum Gasteiger partial charge on any atom is -0.480 e. The first kappa shape index (κ1) is 25.0. The maximum absolute atomic E-state index is 12.9. The van der Waals surface area contributed by atoms with Crippen LogP contribution in [0.5, 0.6) is 0 Å². The van der Waals surface area contributed by atoms with Crippen LogP contribution in [0.15, 0.2) is 18.2 Å². The average molecular weight is 466 g/mol. The number of hydrogen-bond donors (Lipinski definition) is 4. The summed E-state index contributed by atoms with van der Waals surface area (Å²) < 4.78 is 0. The number of nitro benzene ring substituents is 2. The van der Waals surface area contributed by atoms with Crippen molar-refractivity contribution in [3.8, 4) is 0 Å². The second kappa shape index (κ2) is 10.8. The Morgan fingerprint density at radius 2 is 1.91 bits per heavy atom. The van der Waals surface area contributed by atoms with Crippen molar-refractivity contribution in [2.45, 2.75) is 37.8 Å². The Bertz CT molecular complexity index is 982. The van der Waals surface area contributed by atoms with Crippen LogP contribution in [0.25, 0.3) is 0 Å². The largest absolute Gasteiger partial charge is 0.480 e. The van der Waals surface area contributed by atoms with Gasteiger partial charge in [-0.3, -0.25) is 39.4 Å². The number of aliphatic carboxylic acids is 1. The van der Waals surface area contributed by atoms with Gasteiger partial charge in [-0.25, -0.2) is 0 Å². The molecule has 0 saturated carbocycles. The molecule has 0 aromatic heterocycles. The predicted molar refractivity (Wildman–Crippen MR) is 111 cm³/mol. The maximum atomic E-state index is 12.9. The number of amides is 3. The van der Waals surface area contributed by atoms with Gasteiger partial charge >= 0.3 is 5.97 Å². The van der Waals surface area contributed by atoms with E-state index in [-0.39, 0.29) is 31.5 Å². The third-order valence-corrected chi connectivity index (χ3v) is 4.96. The topological polar surface area (TPSA) is 228 Å². The Hall–Kier alpha value is -4.30. The van der Waals surface area contributed by atoms with Gasteiger partial charge in [0.15, 0.2) is 0 Å². The molecule has 0 bridgehead atoms. The third kappa shape index (κ3) is 6.59. The van der Waals surface area contributed by atoms with E-state index in [0.717, 1.165) is 12.1 Å². The summed E-state index contributed by atoms with van der Waals surface area (Å²) >= 11 is 0. The first-order chi connectivity index (χ1) is 15.5. The van der Waals surface area contributed by atoms with Crippen LogP contribution in [0, 0.1) is 20.2 Å². The molecular formula is C18H22N6O9.